The van der Waals surface area contributed by atoms with Gasteiger partial charge in [-0.25, -0.2) is 4.79 Å². The molecular formula is C13H18N2O3. The Hall–Kier alpha value is -1.62. The number of likely N-dealkylation sites (tertiary alicyclic amines) is 1. The maximum absolute atomic E-state index is 11.3. The molecule has 0 aliphatic carbocycles. The summed E-state index contributed by atoms with van der Waals surface area (Å²) in [6, 6.07) is 1.46. The van der Waals surface area contributed by atoms with Crippen molar-refractivity contribution >= 4 is 11.8 Å². The molecule has 0 saturated carbocycles. The van der Waals surface area contributed by atoms with Crippen LogP contribution in [0, 0.1) is 5.92 Å². The molecule has 1 aromatic heterocycles. The molecule has 0 spiro atoms. The number of Topliss-reactive ketones (excluding diaryl/α,β-unsaturated/α-hetero) is 1. The Morgan fingerprint density at radius 1 is 1.50 bits per heavy atom. The van der Waals surface area contributed by atoms with Crippen molar-refractivity contribution in [3.63, 3.8) is 0 Å². The van der Waals surface area contributed by atoms with Crippen molar-refractivity contribution in [2.45, 2.75) is 19.9 Å². The Morgan fingerprint density at radius 2 is 2.22 bits per heavy atom. The van der Waals surface area contributed by atoms with E-state index in [4.69, 9.17) is 5.11 Å². The number of carbonyl (C=O) groups is 2. The van der Waals surface area contributed by atoms with Crippen LogP contribution in [0.2, 0.25) is 0 Å². The summed E-state index contributed by atoms with van der Waals surface area (Å²) in [4.78, 5) is 24.7. The lowest BCUT2D eigenvalue weighted by atomic mass is 10.1. The van der Waals surface area contributed by atoms with E-state index in [0.29, 0.717) is 18.0 Å². The number of aromatic nitrogens is 1. The molecule has 1 fully saturated rings. The molecule has 1 atom stereocenters. The van der Waals surface area contributed by atoms with Crippen LogP contribution in [0.15, 0.2) is 12.3 Å². The van der Waals surface area contributed by atoms with Crippen LogP contribution in [0.5, 0.6) is 0 Å². The second-order valence-corrected chi connectivity index (χ2v) is 5.04. The number of nitrogens with zero attached hydrogens (tertiary/aromatic N) is 2. The van der Waals surface area contributed by atoms with Gasteiger partial charge in [0.25, 0.3) is 0 Å². The Kier molecular flexibility index (Phi) is 3.52. The predicted octanol–water partition coefficient (Wildman–Crippen LogP) is 1.34. The summed E-state index contributed by atoms with van der Waals surface area (Å²) in [5.74, 6) is -0.617. The summed E-state index contributed by atoms with van der Waals surface area (Å²) in [6.45, 7) is 4.15. The smallest absolute Gasteiger partial charge is 0.352 e. The molecule has 2 rings (SSSR count). The molecule has 18 heavy (non-hydrogen) atoms. The van der Waals surface area contributed by atoms with Crippen molar-refractivity contribution in [3.05, 3.63) is 23.5 Å². The van der Waals surface area contributed by atoms with Gasteiger partial charge in [0.05, 0.1) is 0 Å². The second kappa shape index (κ2) is 4.94. The van der Waals surface area contributed by atoms with E-state index >= 15 is 0 Å². The number of rotatable bonds is 4. The van der Waals surface area contributed by atoms with Gasteiger partial charge in [-0.05, 0) is 38.9 Å². The van der Waals surface area contributed by atoms with Crippen LogP contribution >= 0.6 is 0 Å². The molecule has 0 amide bonds. The summed E-state index contributed by atoms with van der Waals surface area (Å²) in [7, 11) is 2.06. The highest BCUT2D eigenvalue weighted by atomic mass is 16.4. The van der Waals surface area contributed by atoms with Gasteiger partial charge in [-0.2, -0.15) is 0 Å². The van der Waals surface area contributed by atoms with E-state index in [1.54, 1.807) is 10.8 Å². The summed E-state index contributed by atoms with van der Waals surface area (Å²) in [6.07, 6.45) is 2.73. The van der Waals surface area contributed by atoms with Crippen LogP contribution in [0.4, 0.5) is 0 Å². The van der Waals surface area contributed by atoms with Crippen molar-refractivity contribution in [1.82, 2.24) is 9.47 Å². The van der Waals surface area contributed by atoms with Gasteiger partial charge in [-0.15, -0.1) is 0 Å². The summed E-state index contributed by atoms with van der Waals surface area (Å²) >= 11 is 0. The predicted molar refractivity (Wildman–Crippen MR) is 67.0 cm³/mol. The number of ketones is 1. The van der Waals surface area contributed by atoms with Gasteiger partial charge in [0.2, 0.25) is 0 Å². The first kappa shape index (κ1) is 12.8. The maximum atomic E-state index is 11.3. The summed E-state index contributed by atoms with van der Waals surface area (Å²) < 4.78 is 1.70. The number of aromatic carboxylic acids is 1. The van der Waals surface area contributed by atoms with Gasteiger partial charge in [0.15, 0.2) is 5.78 Å². The van der Waals surface area contributed by atoms with Gasteiger partial charge >= 0.3 is 5.97 Å². The first-order valence-electron chi connectivity index (χ1n) is 6.10. The average molecular weight is 250 g/mol. The van der Waals surface area contributed by atoms with Gasteiger partial charge in [-0.1, -0.05) is 0 Å². The topological polar surface area (TPSA) is 62.5 Å². The maximum Gasteiger partial charge on any atom is 0.352 e. The fourth-order valence-corrected chi connectivity index (χ4v) is 2.49. The molecule has 1 saturated heterocycles. The summed E-state index contributed by atoms with van der Waals surface area (Å²) in [5, 5.41) is 9.14. The average Bonchev–Trinajstić information content (AvgIpc) is 2.85. The van der Waals surface area contributed by atoms with E-state index in [1.165, 1.54) is 13.0 Å². The molecule has 1 aliphatic rings. The normalized spacial score (nSPS) is 20.2. The molecule has 0 bridgehead atoms. The highest BCUT2D eigenvalue weighted by Crippen LogP contribution is 2.19. The fourth-order valence-electron chi connectivity index (χ4n) is 2.49. The lowest BCUT2D eigenvalue weighted by Gasteiger charge is -2.12. The number of carboxylic acids is 1. The van der Waals surface area contributed by atoms with Crippen LogP contribution < -0.4 is 0 Å². The van der Waals surface area contributed by atoms with Gasteiger partial charge < -0.3 is 14.6 Å². The van der Waals surface area contributed by atoms with Crippen LogP contribution in [-0.2, 0) is 6.54 Å². The lowest BCUT2D eigenvalue weighted by molar-refractivity contribution is 0.0684. The van der Waals surface area contributed by atoms with Crippen molar-refractivity contribution in [1.29, 1.82) is 0 Å². The van der Waals surface area contributed by atoms with Gasteiger partial charge in [0.1, 0.15) is 5.69 Å². The molecule has 1 aliphatic heterocycles. The van der Waals surface area contributed by atoms with Crippen molar-refractivity contribution in [2.24, 2.45) is 5.92 Å². The molecule has 1 unspecified atom stereocenters. The minimum atomic E-state index is -0.978. The molecule has 98 valence electrons. The van der Waals surface area contributed by atoms with Gasteiger partial charge in [0, 0.05) is 24.8 Å². The largest absolute Gasteiger partial charge is 0.477 e. The number of carboxylic acid groups (broad SMARTS) is 1. The number of carbonyl (C=O) groups excluding carboxylic acids is 1. The third kappa shape index (κ3) is 2.61. The van der Waals surface area contributed by atoms with Crippen LogP contribution in [-0.4, -0.2) is 46.5 Å². The number of hydrogen-bond acceptors (Lipinski definition) is 3. The van der Waals surface area contributed by atoms with Gasteiger partial charge in [-0.3, -0.25) is 4.79 Å². The highest BCUT2D eigenvalue weighted by molar-refractivity contribution is 5.97. The lowest BCUT2D eigenvalue weighted by Crippen LogP contribution is -2.18. The second-order valence-electron chi connectivity index (χ2n) is 5.04. The zero-order valence-corrected chi connectivity index (χ0v) is 10.7. The Balaban J connectivity index is 2.20. The molecular weight excluding hydrogens is 232 g/mol. The molecule has 0 aromatic carbocycles. The minimum absolute atomic E-state index is 0.0974. The first-order valence-corrected chi connectivity index (χ1v) is 6.10. The Morgan fingerprint density at radius 3 is 2.72 bits per heavy atom. The fraction of sp³-hybridized carbons (Fsp3) is 0.538. The standard InChI is InChI=1S/C13H18N2O3/c1-9(16)11-5-12(13(17)18)15(8-11)7-10-3-4-14(2)6-10/h5,8,10H,3-4,6-7H2,1-2H3,(H,17,18). The zero-order chi connectivity index (χ0) is 13.3. The van der Waals surface area contributed by atoms with Crippen LogP contribution in [0.3, 0.4) is 0 Å². The number of hydrogen-bond donors (Lipinski definition) is 1. The third-order valence-corrected chi connectivity index (χ3v) is 3.47. The molecule has 0 radical (unpaired) electrons. The van der Waals surface area contributed by atoms with Crippen molar-refractivity contribution in [2.75, 3.05) is 20.1 Å². The monoisotopic (exact) mass is 250 g/mol. The highest BCUT2D eigenvalue weighted by Gasteiger charge is 2.22. The SMILES string of the molecule is CC(=O)c1cc(C(=O)O)n(CC2CCN(C)C2)c1. The Labute approximate surface area is 106 Å². The molecule has 5 nitrogen and oxygen atoms in total. The van der Waals surface area contributed by atoms with E-state index in [9.17, 15) is 9.59 Å². The zero-order valence-electron chi connectivity index (χ0n) is 10.7. The minimum Gasteiger partial charge on any atom is -0.477 e. The van der Waals surface area contributed by atoms with Crippen molar-refractivity contribution < 1.29 is 14.7 Å². The molecule has 2 heterocycles. The molecule has 1 N–H and O–H groups in total. The third-order valence-electron chi connectivity index (χ3n) is 3.47. The van der Waals surface area contributed by atoms with E-state index in [1.807, 2.05) is 0 Å². The van der Waals surface area contributed by atoms with E-state index in [-0.39, 0.29) is 11.5 Å². The first-order chi connectivity index (χ1) is 8.47. The van der Waals surface area contributed by atoms with E-state index in [2.05, 4.69) is 11.9 Å². The molecule has 1 aromatic rings. The molecule has 5 heteroatoms. The van der Waals surface area contributed by atoms with E-state index < -0.39 is 5.97 Å². The van der Waals surface area contributed by atoms with E-state index in [0.717, 1.165) is 19.5 Å². The van der Waals surface area contributed by atoms with Crippen LogP contribution in [0.1, 0.15) is 34.2 Å². The van der Waals surface area contributed by atoms with Crippen molar-refractivity contribution in [3.8, 4) is 0 Å². The Bertz CT molecular complexity index is 479. The summed E-state index contributed by atoms with van der Waals surface area (Å²) in [5.41, 5.74) is 0.675. The quantitative estimate of drug-likeness (QED) is 0.819. The van der Waals surface area contributed by atoms with Crippen LogP contribution in [0.25, 0.3) is 0 Å².